The summed E-state index contributed by atoms with van der Waals surface area (Å²) >= 11 is 0. The monoisotopic (exact) mass is 753 g/mol. The number of piperidine rings is 1. The van der Waals surface area contributed by atoms with Gasteiger partial charge in [-0.15, -0.1) is 0 Å². The molecule has 0 aromatic rings. The zero-order chi connectivity index (χ0) is 39.2. The molecule has 2 saturated heterocycles. The van der Waals surface area contributed by atoms with Gasteiger partial charge in [-0.3, -0.25) is 24.0 Å². The van der Waals surface area contributed by atoms with Crippen LogP contribution in [0.4, 0.5) is 4.79 Å². The van der Waals surface area contributed by atoms with Crippen LogP contribution < -0.4 is 11.1 Å². The van der Waals surface area contributed by atoms with E-state index in [2.05, 4.69) is 31.1 Å². The fourth-order valence-electron chi connectivity index (χ4n) is 11.7. The number of alkyl carbamates (subject to hydrolysis) is 1. The Kier molecular flexibility index (Phi) is 11.8. The lowest BCUT2D eigenvalue weighted by Gasteiger charge is -2.37. The van der Waals surface area contributed by atoms with Crippen molar-refractivity contribution in [3.05, 3.63) is 0 Å². The minimum Gasteiger partial charge on any atom is -0.446 e. The highest BCUT2D eigenvalue weighted by molar-refractivity contribution is 6.36. The SMILES string of the molecule is CN1CCC(OC(=O)N[C@H](C(=O)C[C@H](C(=O)N2C[C@]3(C[C@H]2C(=O)CC(CC2CCC2)C(=O)C(N)=O)C(C)(C)C32CCC2)C(C)(C)C)C2CCCCC2)CC1. The molecule has 1 unspecified atom stereocenters. The molecule has 4 saturated carbocycles. The molecule has 2 aliphatic heterocycles. The molecule has 4 aliphatic carbocycles. The molecule has 3 amide bonds. The lowest BCUT2D eigenvalue weighted by molar-refractivity contribution is -0.147. The van der Waals surface area contributed by atoms with Crippen LogP contribution in [0.25, 0.3) is 0 Å². The largest absolute Gasteiger partial charge is 0.446 e. The number of ether oxygens (including phenoxy) is 1. The standard InChI is InChI=1S/C43H68N4O7/c1-40(2,3)31(24-34(49)35(28-14-8-7-9-15-28)45-39(53)54-30-16-20-46(6)21-17-30)38(52)47-26-43(41(4,5)42(43)18-11-19-42)25-32(47)33(48)23-29(36(50)37(44)51)22-27-12-10-13-27/h27-32,35H,7-26H2,1-6H3,(H2,44,51)(H,45,53)/t29?,31-,32+,35+,43-/m1/s1. The molecule has 0 aromatic heterocycles. The van der Waals surface area contributed by atoms with Gasteiger partial charge in [-0.1, -0.05) is 79.6 Å². The van der Waals surface area contributed by atoms with Gasteiger partial charge >= 0.3 is 6.09 Å². The van der Waals surface area contributed by atoms with Crippen LogP contribution in [0, 0.1) is 45.3 Å². The first-order chi connectivity index (χ1) is 25.4. The highest BCUT2D eigenvalue weighted by Gasteiger charge is 2.85. The highest BCUT2D eigenvalue weighted by Crippen LogP contribution is 2.88. The third kappa shape index (κ3) is 7.65. The maximum Gasteiger partial charge on any atom is 0.408 e. The van der Waals surface area contributed by atoms with Crippen molar-refractivity contribution >= 4 is 35.3 Å². The molecule has 2 spiro atoms. The number of carbonyl (C=O) groups is 6. The van der Waals surface area contributed by atoms with E-state index in [1.807, 2.05) is 20.8 Å². The van der Waals surface area contributed by atoms with Gasteiger partial charge in [0.1, 0.15) is 6.10 Å². The van der Waals surface area contributed by atoms with Gasteiger partial charge in [0.2, 0.25) is 11.7 Å². The highest BCUT2D eigenvalue weighted by atomic mass is 16.6. The topological polar surface area (TPSA) is 156 Å². The van der Waals surface area contributed by atoms with Crippen LogP contribution in [0.15, 0.2) is 0 Å². The Labute approximate surface area is 323 Å². The number of primary amides is 1. The van der Waals surface area contributed by atoms with Gasteiger partial charge in [-0.05, 0) is 86.5 Å². The van der Waals surface area contributed by atoms with Crippen molar-refractivity contribution in [2.24, 2.45) is 51.1 Å². The number of carbonyl (C=O) groups excluding carboxylic acids is 6. The van der Waals surface area contributed by atoms with Crippen LogP contribution in [-0.2, 0) is 28.7 Å². The second-order valence-electron chi connectivity index (χ2n) is 20.0. The lowest BCUT2D eigenvalue weighted by atomic mass is 9.73. The molecule has 0 aromatic carbocycles. The van der Waals surface area contributed by atoms with Crippen LogP contribution in [0.2, 0.25) is 0 Å². The molecule has 0 radical (unpaired) electrons. The van der Waals surface area contributed by atoms with Crippen molar-refractivity contribution < 1.29 is 33.5 Å². The van der Waals surface area contributed by atoms with E-state index in [4.69, 9.17) is 10.5 Å². The number of nitrogens with zero attached hydrogens (tertiary/aromatic N) is 2. The Morgan fingerprint density at radius 1 is 0.852 bits per heavy atom. The van der Waals surface area contributed by atoms with E-state index in [0.717, 1.165) is 96.6 Å². The zero-order valence-electron chi connectivity index (χ0n) is 34.0. The van der Waals surface area contributed by atoms with Crippen molar-refractivity contribution in [2.45, 2.75) is 162 Å². The number of likely N-dealkylation sites (tertiary alicyclic amines) is 2. The lowest BCUT2D eigenvalue weighted by Crippen LogP contribution is -2.51. The van der Waals surface area contributed by atoms with Crippen LogP contribution in [-0.4, -0.2) is 89.9 Å². The van der Waals surface area contributed by atoms with Gasteiger partial charge in [0.05, 0.1) is 12.1 Å². The van der Waals surface area contributed by atoms with Crippen molar-refractivity contribution in [1.29, 1.82) is 0 Å². The Balaban J connectivity index is 1.24. The predicted octanol–water partition coefficient (Wildman–Crippen LogP) is 5.99. The molecule has 6 rings (SSSR count). The minimum absolute atomic E-state index is 0.0301. The molecule has 2 heterocycles. The first kappa shape index (κ1) is 40.8. The Morgan fingerprint density at radius 3 is 2.02 bits per heavy atom. The van der Waals surface area contributed by atoms with E-state index in [9.17, 15) is 24.0 Å². The first-order valence-electron chi connectivity index (χ1n) is 21.3. The minimum atomic E-state index is -1.01. The normalized spacial score (nSPS) is 28.8. The Morgan fingerprint density at radius 2 is 1.50 bits per heavy atom. The number of ketones is 3. The van der Waals surface area contributed by atoms with Gasteiger partial charge in [-0.2, -0.15) is 0 Å². The third-order valence-corrected chi connectivity index (χ3v) is 15.8. The fraction of sp³-hybridized carbons (Fsp3) is 0.860. The summed E-state index contributed by atoms with van der Waals surface area (Å²) in [7, 11) is 2.05. The maximum absolute atomic E-state index is 15.1. The summed E-state index contributed by atoms with van der Waals surface area (Å²) in [5.41, 5.74) is 4.66. The molecular weight excluding hydrogens is 684 g/mol. The van der Waals surface area contributed by atoms with Crippen LogP contribution in [0.5, 0.6) is 0 Å². The molecule has 3 N–H and O–H groups in total. The molecule has 11 nitrogen and oxygen atoms in total. The number of nitrogens with one attached hydrogen (secondary N) is 1. The molecule has 6 fully saturated rings. The van der Waals surface area contributed by atoms with Crippen molar-refractivity contribution in [1.82, 2.24) is 15.1 Å². The summed E-state index contributed by atoms with van der Waals surface area (Å²) in [4.78, 5) is 86.6. The van der Waals surface area contributed by atoms with E-state index in [0.29, 0.717) is 25.3 Å². The molecule has 54 heavy (non-hydrogen) atoms. The summed E-state index contributed by atoms with van der Waals surface area (Å²) in [6.07, 6.45) is 12.6. The smallest absolute Gasteiger partial charge is 0.408 e. The van der Waals surface area contributed by atoms with Crippen LogP contribution in [0.3, 0.4) is 0 Å². The van der Waals surface area contributed by atoms with Crippen LogP contribution in [0.1, 0.15) is 144 Å². The molecule has 302 valence electrons. The van der Waals surface area contributed by atoms with Crippen molar-refractivity contribution in [3.8, 4) is 0 Å². The second-order valence-corrected chi connectivity index (χ2v) is 20.0. The van der Waals surface area contributed by atoms with E-state index in [-0.39, 0.29) is 58.6 Å². The van der Waals surface area contributed by atoms with E-state index >= 15 is 4.79 Å². The maximum atomic E-state index is 15.1. The third-order valence-electron chi connectivity index (χ3n) is 15.8. The van der Waals surface area contributed by atoms with Gasteiger partial charge < -0.3 is 25.6 Å². The molecule has 0 bridgehead atoms. The average molecular weight is 753 g/mol. The van der Waals surface area contributed by atoms with E-state index in [1.165, 1.54) is 0 Å². The first-order valence-corrected chi connectivity index (χ1v) is 21.3. The molecule has 5 atom stereocenters. The quantitative estimate of drug-likeness (QED) is 0.205. The summed E-state index contributed by atoms with van der Waals surface area (Å²) in [6, 6.07) is -1.49. The van der Waals surface area contributed by atoms with E-state index in [1.54, 1.807) is 4.90 Å². The number of hydrogen-bond donors (Lipinski definition) is 2. The number of amides is 3. The summed E-state index contributed by atoms with van der Waals surface area (Å²) in [6.45, 7) is 12.6. The predicted molar refractivity (Wildman–Crippen MR) is 205 cm³/mol. The van der Waals surface area contributed by atoms with Gasteiger partial charge in [0, 0.05) is 49.7 Å². The number of hydrogen-bond acceptors (Lipinski definition) is 8. The van der Waals surface area contributed by atoms with Crippen LogP contribution >= 0.6 is 0 Å². The number of nitrogens with two attached hydrogens (primary N) is 1. The number of Topliss-reactive ketones (excluding diaryl/α,β-unsaturated/α-hetero) is 3. The Hall–Kier alpha value is -2.82. The molecule has 6 aliphatic rings. The fourth-order valence-corrected chi connectivity index (χ4v) is 11.7. The second kappa shape index (κ2) is 15.6. The number of fused-ring (bicyclic) bond motifs is 1. The molecular formula is C43H68N4O7. The summed E-state index contributed by atoms with van der Waals surface area (Å²) < 4.78 is 5.84. The average Bonchev–Trinajstić information content (AvgIpc) is 3.29. The van der Waals surface area contributed by atoms with Crippen molar-refractivity contribution in [3.63, 3.8) is 0 Å². The van der Waals surface area contributed by atoms with Gasteiger partial charge in [0.15, 0.2) is 11.6 Å². The van der Waals surface area contributed by atoms with Crippen molar-refractivity contribution in [2.75, 3.05) is 26.7 Å². The summed E-state index contributed by atoms with van der Waals surface area (Å²) in [5.74, 6) is -3.52. The molecule has 11 heteroatoms. The summed E-state index contributed by atoms with van der Waals surface area (Å²) in [5, 5.41) is 2.99. The Bertz CT molecular complexity index is 1460. The number of rotatable bonds is 14. The van der Waals surface area contributed by atoms with Gasteiger partial charge in [-0.25, -0.2) is 4.79 Å². The zero-order valence-corrected chi connectivity index (χ0v) is 34.0. The van der Waals surface area contributed by atoms with Gasteiger partial charge in [0.25, 0.3) is 5.91 Å². The van der Waals surface area contributed by atoms with E-state index < -0.39 is 47.1 Å².